The molecule has 2 nitrogen and oxygen atoms in total. The standard InChI is InChI=1S/C18H33NO/c1-19(6-3-2-4-8-20)7-5-18-12-15-9-16(13-18)11-17(10-15)14-18/h15-17,20H,2-14H2,1H3. The van der Waals surface area contributed by atoms with E-state index in [1.54, 1.807) is 38.5 Å². The second-order valence-corrected chi connectivity index (χ2v) is 8.26. The molecule has 0 aromatic carbocycles. The molecule has 20 heavy (non-hydrogen) atoms. The molecule has 0 heterocycles. The Bertz CT molecular complexity index is 279. The molecule has 4 fully saturated rings. The molecule has 0 unspecified atom stereocenters. The van der Waals surface area contributed by atoms with Gasteiger partial charge in [0.25, 0.3) is 0 Å². The number of hydrogen-bond acceptors (Lipinski definition) is 2. The summed E-state index contributed by atoms with van der Waals surface area (Å²) in [6, 6.07) is 0. The third kappa shape index (κ3) is 3.39. The Kier molecular flexibility index (Phi) is 4.72. The minimum atomic E-state index is 0.358. The smallest absolute Gasteiger partial charge is 0.0431 e. The molecule has 0 saturated heterocycles. The van der Waals surface area contributed by atoms with E-state index < -0.39 is 0 Å². The first-order valence-corrected chi connectivity index (χ1v) is 8.98. The molecule has 0 amide bonds. The first-order valence-electron chi connectivity index (χ1n) is 8.98. The zero-order chi connectivity index (χ0) is 14.0. The van der Waals surface area contributed by atoms with Crippen LogP contribution in [0.25, 0.3) is 0 Å². The van der Waals surface area contributed by atoms with Gasteiger partial charge in [0.05, 0.1) is 0 Å². The van der Waals surface area contributed by atoms with Crippen molar-refractivity contribution in [3.8, 4) is 0 Å². The van der Waals surface area contributed by atoms with E-state index in [2.05, 4.69) is 11.9 Å². The number of nitrogens with zero attached hydrogens (tertiary/aromatic N) is 1. The minimum Gasteiger partial charge on any atom is -0.396 e. The highest BCUT2D eigenvalue weighted by molar-refractivity contribution is 5.01. The van der Waals surface area contributed by atoms with Gasteiger partial charge < -0.3 is 10.0 Å². The van der Waals surface area contributed by atoms with Crippen molar-refractivity contribution in [1.82, 2.24) is 4.90 Å². The second-order valence-electron chi connectivity index (χ2n) is 8.26. The number of hydrogen-bond donors (Lipinski definition) is 1. The average Bonchev–Trinajstić information content (AvgIpc) is 2.40. The van der Waals surface area contributed by atoms with Crippen molar-refractivity contribution in [3.63, 3.8) is 0 Å². The van der Waals surface area contributed by atoms with Gasteiger partial charge in [-0.2, -0.15) is 0 Å². The van der Waals surface area contributed by atoms with Crippen LogP contribution in [0.4, 0.5) is 0 Å². The molecule has 0 aromatic heterocycles. The predicted octanol–water partition coefficient (Wildman–Crippen LogP) is 3.69. The molecule has 0 radical (unpaired) electrons. The molecular formula is C18H33NO. The molecule has 2 heteroatoms. The quantitative estimate of drug-likeness (QED) is 0.685. The Morgan fingerprint density at radius 1 is 0.900 bits per heavy atom. The van der Waals surface area contributed by atoms with Gasteiger partial charge in [0.15, 0.2) is 0 Å². The van der Waals surface area contributed by atoms with Gasteiger partial charge in [-0.1, -0.05) is 0 Å². The maximum Gasteiger partial charge on any atom is 0.0431 e. The summed E-state index contributed by atoms with van der Waals surface area (Å²) in [6.07, 6.45) is 14.2. The highest BCUT2D eigenvalue weighted by Gasteiger charge is 2.50. The normalized spacial score (nSPS) is 38.9. The van der Waals surface area contributed by atoms with E-state index in [9.17, 15) is 0 Å². The lowest BCUT2D eigenvalue weighted by Gasteiger charge is -2.57. The van der Waals surface area contributed by atoms with E-state index in [0.717, 1.165) is 29.6 Å². The number of unbranched alkanes of at least 4 members (excludes halogenated alkanes) is 2. The van der Waals surface area contributed by atoms with Crippen LogP contribution in [0.2, 0.25) is 0 Å². The maximum absolute atomic E-state index is 8.82. The van der Waals surface area contributed by atoms with Crippen molar-refractivity contribution >= 4 is 0 Å². The van der Waals surface area contributed by atoms with Crippen LogP contribution in [0, 0.1) is 23.2 Å². The molecule has 4 aliphatic carbocycles. The van der Waals surface area contributed by atoms with E-state index in [4.69, 9.17) is 5.11 Å². The van der Waals surface area contributed by atoms with Crippen LogP contribution in [0.15, 0.2) is 0 Å². The van der Waals surface area contributed by atoms with Gasteiger partial charge in [-0.15, -0.1) is 0 Å². The van der Waals surface area contributed by atoms with Crippen molar-refractivity contribution in [1.29, 1.82) is 0 Å². The van der Waals surface area contributed by atoms with Crippen LogP contribution < -0.4 is 0 Å². The predicted molar refractivity (Wildman–Crippen MR) is 83.7 cm³/mol. The third-order valence-electron chi connectivity index (χ3n) is 6.39. The van der Waals surface area contributed by atoms with Gasteiger partial charge in [-0.25, -0.2) is 0 Å². The average molecular weight is 279 g/mol. The van der Waals surface area contributed by atoms with E-state index >= 15 is 0 Å². The van der Waals surface area contributed by atoms with E-state index in [0.29, 0.717) is 6.61 Å². The van der Waals surface area contributed by atoms with E-state index in [-0.39, 0.29) is 0 Å². The Hall–Kier alpha value is -0.0800. The molecule has 1 N–H and O–H groups in total. The zero-order valence-corrected chi connectivity index (χ0v) is 13.3. The highest BCUT2D eigenvalue weighted by atomic mass is 16.2. The Balaban J connectivity index is 1.41. The van der Waals surface area contributed by atoms with Gasteiger partial charge in [-0.3, -0.25) is 0 Å². The molecule has 4 aliphatic rings. The maximum atomic E-state index is 8.82. The van der Waals surface area contributed by atoms with Gasteiger partial charge in [0, 0.05) is 6.61 Å². The van der Waals surface area contributed by atoms with E-state index in [1.807, 2.05) is 0 Å². The topological polar surface area (TPSA) is 23.5 Å². The first-order chi connectivity index (χ1) is 9.69. The molecule has 116 valence electrons. The van der Waals surface area contributed by atoms with Crippen LogP contribution in [-0.4, -0.2) is 36.8 Å². The van der Waals surface area contributed by atoms with Crippen molar-refractivity contribution in [2.24, 2.45) is 23.2 Å². The summed E-state index contributed by atoms with van der Waals surface area (Å²) < 4.78 is 0. The molecule has 4 saturated carbocycles. The number of aliphatic hydroxyl groups excluding tert-OH is 1. The highest BCUT2D eigenvalue weighted by Crippen LogP contribution is 2.61. The molecular weight excluding hydrogens is 246 g/mol. The fourth-order valence-electron chi connectivity index (χ4n) is 5.81. The fourth-order valence-corrected chi connectivity index (χ4v) is 5.81. The Labute approximate surface area is 124 Å². The summed E-state index contributed by atoms with van der Waals surface area (Å²) in [5.74, 6) is 3.28. The second kappa shape index (κ2) is 6.36. The Morgan fingerprint density at radius 3 is 2.05 bits per heavy atom. The van der Waals surface area contributed by atoms with Gasteiger partial charge in [0.1, 0.15) is 0 Å². The number of aliphatic hydroxyl groups is 1. The third-order valence-corrected chi connectivity index (χ3v) is 6.39. The lowest BCUT2D eigenvalue weighted by atomic mass is 9.49. The summed E-state index contributed by atoms with van der Waals surface area (Å²) in [4.78, 5) is 2.54. The summed E-state index contributed by atoms with van der Waals surface area (Å²) in [5, 5.41) is 8.82. The van der Waals surface area contributed by atoms with Crippen LogP contribution in [0.3, 0.4) is 0 Å². The van der Waals surface area contributed by atoms with Crippen molar-refractivity contribution in [3.05, 3.63) is 0 Å². The minimum absolute atomic E-state index is 0.358. The SMILES string of the molecule is CN(CCCCCO)CCC12CC3CC(CC(C3)C1)C2. The summed E-state index contributed by atoms with van der Waals surface area (Å²) in [5.41, 5.74) is 0.744. The molecule has 0 spiro atoms. The zero-order valence-electron chi connectivity index (χ0n) is 13.3. The number of rotatable bonds is 8. The molecule has 0 aromatic rings. The van der Waals surface area contributed by atoms with Crippen LogP contribution in [0.1, 0.15) is 64.2 Å². The fraction of sp³-hybridized carbons (Fsp3) is 1.00. The van der Waals surface area contributed by atoms with Crippen LogP contribution in [-0.2, 0) is 0 Å². The van der Waals surface area contributed by atoms with Crippen molar-refractivity contribution < 1.29 is 5.11 Å². The molecule has 4 bridgehead atoms. The van der Waals surface area contributed by atoms with Crippen molar-refractivity contribution in [2.75, 3.05) is 26.7 Å². The Morgan fingerprint density at radius 2 is 1.50 bits per heavy atom. The lowest BCUT2D eigenvalue weighted by molar-refractivity contribution is -0.0602. The van der Waals surface area contributed by atoms with Crippen molar-refractivity contribution in [2.45, 2.75) is 64.2 Å². The van der Waals surface area contributed by atoms with Gasteiger partial charge >= 0.3 is 0 Å². The van der Waals surface area contributed by atoms with Gasteiger partial charge in [-0.05, 0) is 108 Å². The van der Waals surface area contributed by atoms with Gasteiger partial charge in [0.2, 0.25) is 0 Å². The largest absolute Gasteiger partial charge is 0.396 e. The lowest BCUT2D eigenvalue weighted by Crippen LogP contribution is -2.47. The molecule has 0 atom stereocenters. The van der Waals surface area contributed by atoms with Crippen LogP contribution in [0.5, 0.6) is 0 Å². The summed E-state index contributed by atoms with van der Waals surface area (Å²) >= 11 is 0. The van der Waals surface area contributed by atoms with E-state index in [1.165, 1.54) is 32.4 Å². The molecule has 4 rings (SSSR count). The monoisotopic (exact) mass is 279 g/mol. The summed E-state index contributed by atoms with van der Waals surface area (Å²) in [7, 11) is 2.29. The van der Waals surface area contributed by atoms with Crippen LogP contribution >= 0.6 is 0 Å². The first kappa shape index (κ1) is 14.8. The molecule has 0 aliphatic heterocycles. The summed E-state index contributed by atoms with van der Waals surface area (Å²) in [6.45, 7) is 2.87.